The van der Waals surface area contributed by atoms with E-state index in [4.69, 9.17) is 4.42 Å². The number of hydrogen-bond donors (Lipinski definition) is 3. The van der Waals surface area contributed by atoms with Crippen LogP contribution in [-0.4, -0.2) is 26.5 Å². The molecule has 1 amide bonds. The average Bonchev–Trinajstić information content (AvgIpc) is 3.36. The van der Waals surface area contributed by atoms with Crippen LogP contribution in [0.2, 0.25) is 0 Å². The predicted molar refractivity (Wildman–Crippen MR) is 111 cm³/mol. The van der Waals surface area contributed by atoms with Crippen LogP contribution in [0.5, 0.6) is 0 Å². The zero-order valence-electron chi connectivity index (χ0n) is 15.6. The van der Waals surface area contributed by atoms with Gasteiger partial charge in [0.15, 0.2) is 5.58 Å². The van der Waals surface area contributed by atoms with E-state index in [1.54, 1.807) is 16.8 Å². The highest BCUT2D eigenvalue weighted by Gasteiger charge is 2.20. The van der Waals surface area contributed by atoms with E-state index in [-0.39, 0.29) is 11.9 Å². The van der Waals surface area contributed by atoms with Gasteiger partial charge in [-0.1, -0.05) is 0 Å². The van der Waals surface area contributed by atoms with Crippen LogP contribution in [0, 0.1) is 0 Å². The third kappa shape index (κ3) is 3.05. The Morgan fingerprint density at radius 3 is 3.10 bits per heavy atom. The minimum Gasteiger partial charge on any atom is -0.408 e. The van der Waals surface area contributed by atoms with Crippen molar-refractivity contribution < 1.29 is 9.21 Å². The van der Waals surface area contributed by atoms with Crippen molar-refractivity contribution >= 4 is 33.2 Å². The number of oxazole rings is 1. The van der Waals surface area contributed by atoms with Crippen LogP contribution in [-0.2, 0) is 0 Å². The van der Waals surface area contributed by atoms with Crippen molar-refractivity contribution in [1.29, 1.82) is 0 Å². The number of carbonyl (C=O) groups is 1. The Balaban J connectivity index is 1.48. The lowest BCUT2D eigenvalue weighted by molar-refractivity contribution is 0.0965. The van der Waals surface area contributed by atoms with E-state index in [0.29, 0.717) is 16.7 Å². The highest BCUT2D eigenvalue weighted by Crippen LogP contribution is 2.32. The molecular weight excluding hydrogens is 390 g/mol. The maximum atomic E-state index is 12.9. The largest absolute Gasteiger partial charge is 0.417 e. The average molecular weight is 407 g/mol. The van der Waals surface area contributed by atoms with Gasteiger partial charge in [0, 0.05) is 11.9 Å². The number of nitrogens with one attached hydrogen (secondary N) is 3. The number of rotatable bonds is 3. The summed E-state index contributed by atoms with van der Waals surface area (Å²) in [4.78, 5) is 28.6. The van der Waals surface area contributed by atoms with Crippen LogP contribution in [0.4, 0.5) is 0 Å². The summed E-state index contributed by atoms with van der Waals surface area (Å²) in [5.41, 5.74) is 4.42. The van der Waals surface area contributed by atoms with E-state index < -0.39 is 5.76 Å². The van der Waals surface area contributed by atoms with E-state index in [2.05, 4.69) is 20.7 Å². The molecule has 29 heavy (non-hydrogen) atoms. The second-order valence-electron chi connectivity index (χ2n) is 6.96. The van der Waals surface area contributed by atoms with E-state index in [9.17, 15) is 9.59 Å². The van der Waals surface area contributed by atoms with Crippen LogP contribution < -0.4 is 16.4 Å². The fraction of sp³-hybridized carbons (Fsp3) is 0.150. The molecule has 5 rings (SSSR count). The number of carbonyl (C=O) groups excluding carboxylic acids is 1. The minimum atomic E-state index is -0.483. The standard InChI is InChI=1S/C20H17N5O3S/c1-10-5-14(11(2)21-7-10)23-18(26)13-8-22-25-9-17(29-19(13)25)12-3-4-16-15(6-12)24-20(27)28-16/h3-9,11,21H,1-2H3,(H,23,26)(H,24,27). The van der Waals surface area contributed by atoms with Crippen LogP contribution >= 0.6 is 11.3 Å². The van der Waals surface area contributed by atoms with E-state index >= 15 is 0 Å². The molecule has 1 unspecified atom stereocenters. The number of aromatic amines is 1. The first-order chi connectivity index (χ1) is 14.0. The van der Waals surface area contributed by atoms with Crippen LogP contribution in [0.1, 0.15) is 24.2 Å². The molecule has 3 aromatic heterocycles. The topological polar surface area (TPSA) is 104 Å². The third-order valence-corrected chi connectivity index (χ3v) is 5.97. The Morgan fingerprint density at radius 1 is 1.38 bits per heavy atom. The van der Waals surface area contributed by atoms with Crippen molar-refractivity contribution in [2.75, 3.05) is 0 Å². The summed E-state index contributed by atoms with van der Waals surface area (Å²) in [6.45, 7) is 3.96. The second-order valence-corrected chi connectivity index (χ2v) is 7.99. The Hall–Kier alpha value is -3.59. The molecule has 1 aliphatic heterocycles. The summed E-state index contributed by atoms with van der Waals surface area (Å²) in [5, 5.41) is 10.5. The molecule has 0 bridgehead atoms. The van der Waals surface area contributed by atoms with Crippen molar-refractivity contribution in [3.05, 3.63) is 70.3 Å². The van der Waals surface area contributed by atoms with Gasteiger partial charge < -0.3 is 15.1 Å². The molecule has 3 N–H and O–H groups in total. The van der Waals surface area contributed by atoms with Crippen LogP contribution in [0.3, 0.4) is 0 Å². The van der Waals surface area contributed by atoms with Gasteiger partial charge in [0.25, 0.3) is 5.91 Å². The number of nitrogens with zero attached hydrogens (tertiary/aromatic N) is 2. The highest BCUT2D eigenvalue weighted by atomic mass is 32.1. The molecule has 1 aliphatic rings. The lowest BCUT2D eigenvalue weighted by Gasteiger charge is -2.21. The molecule has 0 saturated heterocycles. The summed E-state index contributed by atoms with van der Waals surface area (Å²) in [7, 11) is 0. The quantitative estimate of drug-likeness (QED) is 0.484. The van der Waals surface area contributed by atoms with E-state index in [1.807, 2.05) is 44.5 Å². The van der Waals surface area contributed by atoms with Gasteiger partial charge in [0.1, 0.15) is 4.83 Å². The van der Waals surface area contributed by atoms with E-state index in [1.165, 1.54) is 11.3 Å². The van der Waals surface area contributed by atoms with Gasteiger partial charge in [-0.2, -0.15) is 5.10 Å². The maximum Gasteiger partial charge on any atom is 0.417 e. The Bertz CT molecular complexity index is 1380. The Labute approximate surface area is 168 Å². The van der Waals surface area contributed by atoms with Gasteiger partial charge in [-0.3, -0.25) is 9.78 Å². The third-order valence-electron chi connectivity index (χ3n) is 4.81. The van der Waals surface area contributed by atoms with E-state index in [0.717, 1.165) is 26.5 Å². The lowest BCUT2D eigenvalue weighted by Crippen LogP contribution is -2.36. The van der Waals surface area contributed by atoms with Crippen LogP contribution in [0.25, 0.3) is 26.4 Å². The number of allylic oxidation sites excluding steroid dienone is 2. The summed E-state index contributed by atoms with van der Waals surface area (Å²) in [6, 6.07) is 5.50. The zero-order chi connectivity index (χ0) is 20.1. The Morgan fingerprint density at radius 2 is 2.24 bits per heavy atom. The fourth-order valence-electron chi connectivity index (χ4n) is 3.28. The van der Waals surface area contributed by atoms with Gasteiger partial charge in [-0.25, -0.2) is 9.31 Å². The number of amides is 1. The molecule has 9 heteroatoms. The molecule has 0 radical (unpaired) electrons. The number of aromatic nitrogens is 3. The first kappa shape index (κ1) is 17.5. The smallest absolute Gasteiger partial charge is 0.408 e. The summed E-state index contributed by atoms with van der Waals surface area (Å²) in [5.74, 6) is -0.680. The maximum absolute atomic E-state index is 12.9. The molecule has 4 aromatic rings. The molecule has 0 saturated carbocycles. The molecule has 0 aliphatic carbocycles. The highest BCUT2D eigenvalue weighted by molar-refractivity contribution is 7.21. The monoisotopic (exact) mass is 407 g/mol. The number of hydrogen-bond acceptors (Lipinski definition) is 6. The van der Waals surface area contributed by atoms with Gasteiger partial charge in [0.2, 0.25) is 0 Å². The van der Waals surface area contributed by atoms with Crippen molar-refractivity contribution in [2.45, 2.75) is 19.9 Å². The van der Waals surface area contributed by atoms with Gasteiger partial charge in [-0.05, 0) is 55.5 Å². The molecule has 0 spiro atoms. The van der Waals surface area contributed by atoms with Gasteiger partial charge in [0.05, 0.1) is 28.2 Å². The van der Waals surface area contributed by atoms with Gasteiger partial charge >= 0.3 is 5.76 Å². The molecule has 8 nitrogen and oxygen atoms in total. The Kier molecular flexibility index (Phi) is 3.92. The number of fused-ring (bicyclic) bond motifs is 2. The molecular formula is C20H17N5O3S. The van der Waals surface area contributed by atoms with Crippen LogP contribution in [0.15, 0.2) is 63.4 Å². The molecule has 146 valence electrons. The first-order valence-corrected chi connectivity index (χ1v) is 9.86. The van der Waals surface area contributed by atoms with Gasteiger partial charge in [-0.15, -0.1) is 11.3 Å². The zero-order valence-corrected chi connectivity index (χ0v) is 16.5. The minimum absolute atomic E-state index is 0.0245. The predicted octanol–water partition coefficient (Wildman–Crippen LogP) is 3.01. The number of H-pyrrole nitrogens is 1. The summed E-state index contributed by atoms with van der Waals surface area (Å²) in [6.07, 6.45) is 7.33. The molecule has 4 heterocycles. The normalized spacial score (nSPS) is 16.6. The molecule has 1 atom stereocenters. The summed E-state index contributed by atoms with van der Waals surface area (Å²) >= 11 is 1.46. The van der Waals surface area contributed by atoms with Crippen molar-refractivity contribution in [3.63, 3.8) is 0 Å². The summed E-state index contributed by atoms with van der Waals surface area (Å²) < 4.78 is 6.74. The number of thiazole rings is 1. The lowest BCUT2D eigenvalue weighted by atomic mass is 10.1. The second kappa shape index (κ2) is 6.49. The SMILES string of the molecule is CC1=CNC(C)C(NC(=O)c2cnn3cc(-c4ccc5oc(=O)[nH]c5c4)sc23)=C1. The molecule has 1 aromatic carbocycles. The fourth-order valence-corrected chi connectivity index (χ4v) is 4.34. The molecule has 0 fully saturated rings. The van der Waals surface area contributed by atoms with Crippen molar-refractivity contribution in [2.24, 2.45) is 0 Å². The van der Waals surface area contributed by atoms with Crippen molar-refractivity contribution in [1.82, 2.24) is 25.2 Å². The first-order valence-electron chi connectivity index (χ1n) is 9.04. The number of dihydropyridines is 1. The number of benzene rings is 1. The van der Waals surface area contributed by atoms with Crippen molar-refractivity contribution in [3.8, 4) is 10.4 Å².